The van der Waals surface area contributed by atoms with Crippen molar-refractivity contribution < 1.29 is 4.57 Å². The number of benzene rings is 2. The first-order chi connectivity index (χ1) is 11.3. The highest BCUT2D eigenvalue weighted by atomic mass is 15.4. The number of hydrogen-bond donors (Lipinski definition) is 4. The molecule has 23 heavy (non-hydrogen) atoms. The maximum Gasteiger partial charge on any atom is 0.365 e. The van der Waals surface area contributed by atoms with E-state index < -0.39 is 0 Å². The molecule has 0 radical (unpaired) electrons. The number of H-pyrrole nitrogens is 2. The van der Waals surface area contributed by atoms with Crippen molar-refractivity contribution in [1.82, 2.24) is 9.97 Å². The number of guanidine groups is 1. The van der Waals surface area contributed by atoms with Gasteiger partial charge < -0.3 is 10.7 Å². The molecule has 0 unspecified atom stereocenters. The van der Waals surface area contributed by atoms with Crippen LogP contribution in [0.15, 0.2) is 59.7 Å². The summed E-state index contributed by atoms with van der Waals surface area (Å²) in [6.07, 6.45) is 1.80. The Bertz CT molecular complexity index is 1070. The Morgan fingerprint density at radius 2 is 1.78 bits per heavy atom. The van der Waals surface area contributed by atoms with E-state index in [0.717, 1.165) is 33.4 Å². The van der Waals surface area contributed by atoms with Crippen LogP contribution in [0.1, 0.15) is 11.7 Å². The van der Waals surface area contributed by atoms with E-state index in [0.29, 0.717) is 5.96 Å². The fourth-order valence-electron chi connectivity index (χ4n) is 3.30. The molecular weight excluding hydrogens is 288 g/mol. The van der Waals surface area contributed by atoms with Crippen LogP contribution >= 0.6 is 0 Å². The zero-order valence-corrected chi connectivity index (χ0v) is 12.2. The summed E-state index contributed by atoms with van der Waals surface area (Å²) in [4.78, 5) is 11.3. The molecule has 0 fully saturated rings. The second kappa shape index (κ2) is 4.36. The van der Waals surface area contributed by atoms with Gasteiger partial charge in [-0.25, -0.2) is 14.9 Å². The molecule has 5 N–H and O–H groups in total. The van der Waals surface area contributed by atoms with Gasteiger partial charge >= 0.3 is 5.95 Å². The normalized spacial score (nSPS) is 17.0. The Morgan fingerprint density at radius 3 is 2.70 bits per heavy atom. The SMILES string of the molecule is NC1=N[C@@H](c2c[nH]c3ccccc23)[n+]2c([nH]c3ccccc32)N1. The Labute approximate surface area is 131 Å². The standard InChI is InChI=1S/C17H14N6/c18-16-21-15(11-9-19-12-6-2-1-5-10(11)12)23-14-8-4-3-7-13(14)20-17(23)22-16/h1-9,15,19H,(H3,18,20,21,22)/p+1/t15-/m1/s1. The highest BCUT2D eigenvalue weighted by Crippen LogP contribution is 2.29. The molecule has 5 rings (SSSR count). The van der Waals surface area contributed by atoms with Crippen LogP contribution < -0.4 is 15.6 Å². The van der Waals surface area contributed by atoms with E-state index in [-0.39, 0.29) is 6.17 Å². The Morgan fingerprint density at radius 1 is 1.00 bits per heavy atom. The zero-order valence-electron chi connectivity index (χ0n) is 12.2. The first-order valence-corrected chi connectivity index (χ1v) is 7.50. The van der Waals surface area contributed by atoms with E-state index in [1.807, 2.05) is 36.5 Å². The lowest BCUT2D eigenvalue weighted by atomic mass is 10.1. The highest BCUT2D eigenvalue weighted by Gasteiger charge is 2.32. The van der Waals surface area contributed by atoms with Crippen molar-refractivity contribution in [2.45, 2.75) is 6.17 Å². The number of aliphatic imine (C=N–C) groups is 1. The number of hydrogen-bond acceptors (Lipinski definition) is 3. The van der Waals surface area contributed by atoms with Gasteiger partial charge in [0.25, 0.3) is 5.96 Å². The second-order valence-corrected chi connectivity index (χ2v) is 5.66. The van der Waals surface area contributed by atoms with Gasteiger partial charge in [0.1, 0.15) is 11.0 Å². The van der Waals surface area contributed by atoms with Gasteiger partial charge in [-0.2, -0.15) is 4.99 Å². The van der Waals surface area contributed by atoms with Gasteiger partial charge in [0.2, 0.25) is 6.17 Å². The highest BCUT2D eigenvalue weighted by molar-refractivity contribution is 5.92. The summed E-state index contributed by atoms with van der Waals surface area (Å²) in [6.45, 7) is 0. The van der Waals surface area contributed by atoms with E-state index >= 15 is 0 Å². The van der Waals surface area contributed by atoms with E-state index in [1.165, 1.54) is 0 Å². The molecule has 0 saturated heterocycles. The van der Waals surface area contributed by atoms with E-state index in [1.54, 1.807) is 0 Å². The second-order valence-electron chi connectivity index (χ2n) is 5.66. The topological polar surface area (TPSA) is 85.9 Å². The maximum absolute atomic E-state index is 6.01. The number of aromatic nitrogens is 3. The number of rotatable bonds is 1. The van der Waals surface area contributed by atoms with Crippen LogP contribution in [0.25, 0.3) is 21.9 Å². The third-order valence-electron chi connectivity index (χ3n) is 4.31. The van der Waals surface area contributed by atoms with Crippen molar-refractivity contribution in [3.8, 4) is 0 Å². The van der Waals surface area contributed by atoms with Gasteiger partial charge in [0, 0.05) is 22.7 Å². The van der Waals surface area contributed by atoms with Crippen molar-refractivity contribution in [1.29, 1.82) is 0 Å². The summed E-state index contributed by atoms with van der Waals surface area (Å²) in [5.41, 5.74) is 10.3. The van der Waals surface area contributed by atoms with Gasteiger partial charge in [0.05, 0.1) is 0 Å². The van der Waals surface area contributed by atoms with Gasteiger partial charge in [-0.1, -0.05) is 30.3 Å². The van der Waals surface area contributed by atoms with Crippen LogP contribution in [0.5, 0.6) is 0 Å². The Hall–Kier alpha value is -3.28. The Balaban J connectivity index is 1.81. The van der Waals surface area contributed by atoms with Crippen molar-refractivity contribution in [2.75, 3.05) is 5.32 Å². The van der Waals surface area contributed by atoms with Crippen LogP contribution in [-0.2, 0) is 0 Å². The molecule has 2 aromatic heterocycles. The smallest absolute Gasteiger partial charge is 0.361 e. The fraction of sp³-hybridized carbons (Fsp3) is 0.0588. The number of aromatic amines is 2. The van der Waals surface area contributed by atoms with Crippen molar-refractivity contribution in [2.24, 2.45) is 10.7 Å². The van der Waals surface area contributed by atoms with Gasteiger partial charge in [0.15, 0.2) is 0 Å². The fourth-order valence-corrected chi connectivity index (χ4v) is 3.30. The van der Waals surface area contributed by atoms with Crippen LogP contribution in [0.3, 0.4) is 0 Å². The minimum Gasteiger partial charge on any atom is -0.361 e. The number of fused-ring (bicyclic) bond motifs is 4. The molecule has 6 nitrogen and oxygen atoms in total. The number of para-hydroxylation sites is 3. The molecular formula is C17H15N6+. The van der Waals surface area contributed by atoms with Gasteiger partial charge in [-0.05, 0) is 18.2 Å². The van der Waals surface area contributed by atoms with Gasteiger partial charge in [-0.3, -0.25) is 0 Å². The molecule has 0 amide bonds. The number of nitrogens with two attached hydrogens (primary N) is 1. The maximum atomic E-state index is 6.01. The number of anilines is 1. The number of imidazole rings is 1. The van der Waals surface area contributed by atoms with Crippen molar-refractivity contribution in [3.63, 3.8) is 0 Å². The molecule has 4 aromatic rings. The summed E-state index contributed by atoms with van der Waals surface area (Å²) in [5.74, 6) is 1.25. The third-order valence-corrected chi connectivity index (χ3v) is 4.31. The molecule has 0 bridgehead atoms. The van der Waals surface area contributed by atoms with Crippen molar-refractivity contribution >= 4 is 33.8 Å². The average Bonchev–Trinajstić information content (AvgIpc) is 3.15. The van der Waals surface area contributed by atoms with E-state index in [2.05, 4.69) is 43.0 Å². The van der Waals surface area contributed by atoms with Crippen LogP contribution in [0, 0.1) is 0 Å². The Kier molecular flexibility index (Phi) is 2.33. The summed E-state index contributed by atoms with van der Waals surface area (Å²) in [5, 5.41) is 4.27. The lowest BCUT2D eigenvalue weighted by Crippen LogP contribution is -2.47. The van der Waals surface area contributed by atoms with Crippen molar-refractivity contribution in [3.05, 3.63) is 60.3 Å². The monoisotopic (exact) mass is 303 g/mol. The summed E-state index contributed by atoms with van der Waals surface area (Å²) >= 11 is 0. The molecule has 1 aliphatic heterocycles. The molecule has 3 heterocycles. The lowest BCUT2D eigenvalue weighted by molar-refractivity contribution is -0.674. The predicted molar refractivity (Wildman–Crippen MR) is 90.2 cm³/mol. The first-order valence-electron chi connectivity index (χ1n) is 7.50. The quantitative estimate of drug-likeness (QED) is 0.406. The summed E-state index contributed by atoms with van der Waals surface area (Å²) < 4.78 is 2.14. The average molecular weight is 303 g/mol. The molecule has 0 aliphatic carbocycles. The van der Waals surface area contributed by atoms with Gasteiger partial charge in [-0.15, -0.1) is 0 Å². The van der Waals surface area contributed by atoms with Crippen LogP contribution in [0.2, 0.25) is 0 Å². The largest absolute Gasteiger partial charge is 0.365 e. The molecule has 2 aromatic carbocycles. The van der Waals surface area contributed by atoms with E-state index in [4.69, 9.17) is 5.73 Å². The van der Waals surface area contributed by atoms with Crippen LogP contribution in [0.4, 0.5) is 5.95 Å². The third kappa shape index (κ3) is 1.69. The summed E-state index contributed by atoms with van der Waals surface area (Å²) in [7, 11) is 0. The number of nitrogens with one attached hydrogen (secondary N) is 3. The zero-order chi connectivity index (χ0) is 15.4. The minimum atomic E-state index is -0.210. The predicted octanol–water partition coefficient (Wildman–Crippen LogP) is 2.22. The molecule has 1 atom stereocenters. The molecule has 112 valence electrons. The van der Waals surface area contributed by atoms with Crippen LogP contribution in [-0.4, -0.2) is 15.9 Å². The molecule has 1 aliphatic rings. The number of nitrogens with zero attached hydrogens (tertiary/aromatic N) is 2. The lowest BCUT2D eigenvalue weighted by Gasteiger charge is -2.17. The first kappa shape index (κ1) is 12.3. The molecule has 6 heteroatoms. The minimum absolute atomic E-state index is 0.210. The van der Waals surface area contributed by atoms with E-state index in [9.17, 15) is 0 Å². The summed E-state index contributed by atoms with van der Waals surface area (Å²) in [6, 6.07) is 16.4. The molecule has 0 saturated carbocycles. The molecule has 0 spiro atoms.